The highest BCUT2D eigenvalue weighted by Crippen LogP contribution is 2.72. The third-order valence-electron chi connectivity index (χ3n) is 12.7. The van der Waals surface area contributed by atoms with Crippen molar-refractivity contribution < 1.29 is 24.9 Å². The normalized spacial score (nSPS) is 44.2. The van der Waals surface area contributed by atoms with Gasteiger partial charge in [-0.3, -0.25) is 9.59 Å². The molecule has 0 aromatic carbocycles. The number of aliphatic hydroxyl groups is 2. The van der Waals surface area contributed by atoms with Crippen LogP contribution in [0.4, 0.5) is 0 Å². The van der Waals surface area contributed by atoms with Crippen LogP contribution >= 0.6 is 0 Å². The summed E-state index contributed by atoms with van der Waals surface area (Å²) >= 11 is 0. The second-order valence-corrected chi connectivity index (χ2v) is 14.4. The van der Waals surface area contributed by atoms with E-state index in [1.807, 2.05) is 0 Å². The molecule has 0 aliphatic heterocycles. The molecule has 2 unspecified atom stereocenters. The van der Waals surface area contributed by atoms with Gasteiger partial charge in [0.1, 0.15) is 5.78 Å². The Balaban J connectivity index is 1.65. The summed E-state index contributed by atoms with van der Waals surface area (Å²) in [6.45, 7) is 17.0. The Morgan fingerprint density at radius 2 is 1.53 bits per heavy atom. The van der Waals surface area contributed by atoms with Crippen molar-refractivity contribution in [3.63, 3.8) is 0 Å². The van der Waals surface area contributed by atoms with E-state index < -0.39 is 23.9 Å². The van der Waals surface area contributed by atoms with Crippen LogP contribution in [0.1, 0.15) is 107 Å². The highest BCUT2D eigenvalue weighted by Gasteiger charge is 2.66. The van der Waals surface area contributed by atoms with Crippen molar-refractivity contribution in [1.82, 2.24) is 0 Å². The van der Waals surface area contributed by atoms with Gasteiger partial charge < -0.3 is 15.3 Å². The lowest BCUT2D eigenvalue weighted by atomic mass is 9.42. The largest absolute Gasteiger partial charge is 0.481 e. The molecule has 0 spiro atoms. The summed E-state index contributed by atoms with van der Waals surface area (Å²) in [7, 11) is 0. The molecule has 0 bridgehead atoms. The molecular weight excluding hydrogens is 452 g/mol. The summed E-state index contributed by atoms with van der Waals surface area (Å²) in [5.74, 6) is -1.35. The second-order valence-electron chi connectivity index (χ2n) is 14.4. The van der Waals surface area contributed by atoms with Gasteiger partial charge in [0, 0.05) is 17.8 Å². The number of aliphatic hydroxyl groups excluding tert-OH is 2. The lowest BCUT2D eigenvalue weighted by Crippen LogP contribution is -2.58. The maximum atomic E-state index is 13.0. The molecule has 0 amide bonds. The molecule has 5 heteroatoms. The maximum Gasteiger partial charge on any atom is 0.306 e. The summed E-state index contributed by atoms with van der Waals surface area (Å²) in [5.41, 5.74) is 2.52. The number of hydrogen-bond acceptors (Lipinski definition) is 4. The predicted molar refractivity (Wildman–Crippen MR) is 141 cm³/mol. The number of rotatable bonds is 6. The van der Waals surface area contributed by atoms with E-state index in [9.17, 15) is 24.9 Å². The van der Waals surface area contributed by atoms with Crippen LogP contribution < -0.4 is 0 Å². The third-order valence-corrected chi connectivity index (χ3v) is 12.7. The van der Waals surface area contributed by atoms with Crippen LogP contribution in [-0.4, -0.2) is 39.3 Å². The van der Waals surface area contributed by atoms with Gasteiger partial charge in [0.15, 0.2) is 0 Å². The highest BCUT2D eigenvalue weighted by atomic mass is 16.4. The van der Waals surface area contributed by atoms with Gasteiger partial charge >= 0.3 is 5.97 Å². The molecule has 0 aromatic heterocycles. The molecule has 5 nitrogen and oxygen atoms in total. The van der Waals surface area contributed by atoms with Gasteiger partial charge in [-0.25, -0.2) is 0 Å². The van der Waals surface area contributed by atoms with Crippen molar-refractivity contribution in [2.75, 3.05) is 0 Å². The van der Waals surface area contributed by atoms with Crippen molar-refractivity contribution >= 4 is 11.8 Å². The zero-order chi connectivity index (χ0) is 27.0. The van der Waals surface area contributed by atoms with Crippen LogP contribution in [0.2, 0.25) is 0 Å². The Morgan fingerprint density at radius 1 is 0.889 bits per heavy atom. The Morgan fingerprint density at radius 3 is 2.14 bits per heavy atom. The van der Waals surface area contributed by atoms with E-state index in [2.05, 4.69) is 41.5 Å². The Hall–Kier alpha value is -1.20. The second kappa shape index (κ2) is 8.93. The van der Waals surface area contributed by atoms with Crippen molar-refractivity contribution in [3.05, 3.63) is 11.1 Å². The summed E-state index contributed by atoms with van der Waals surface area (Å²) < 4.78 is 0. The molecule has 2 saturated carbocycles. The van der Waals surface area contributed by atoms with Gasteiger partial charge in [-0.1, -0.05) is 66.5 Å². The number of fused-ring (bicyclic) bond motifs is 4. The fourth-order valence-corrected chi connectivity index (χ4v) is 9.77. The fourth-order valence-electron chi connectivity index (χ4n) is 9.77. The molecule has 3 N–H and O–H groups in total. The molecular formula is C31H50O5. The summed E-state index contributed by atoms with van der Waals surface area (Å²) in [5, 5.41) is 32.1. The number of hydrogen-bond donors (Lipinski definition) is 3. The Labute approximate surface area is 218 Å². The van der Waals surface area contributed by atoms with E-state index >= 15 is 0 Å². The Kier molecular flexibility index (Phi) is 6.90. The van der Waals surface area contributed by atoms with Crippen LogP contribution in [-0.2, 0) is 9.59 Å². The average Bonchev–Trinajstić information content (AvgIpc) is 3.09. The van der Waals surface area contributed by atoms with E-state index in [1.54, 1.807) is 19.4 Å². The monoisotopic (exact) mass is 502 g/mol. The zero-order valence-corrected chi connectivity index (χ0v) is 23.9. The minimum Gasteiger partial charge on any atom is -0.481 e. The molecule has 36 heavy (non-hydrogen) atoms. The van der Waals surface area contributed by atoms with Crippen LogP contribution in [0.15, 0.2) is 11.1 Å². The van der Waals surface area contributed by atoms with Crippen LogP contribution in [0.5, 0.6) is 0 Å². The van der Waals surface area contributed by atoms with Gasteiger partial charge in [0.25, 0.3) is 0 Å². The van der Waals surface area contributed by atoms with Gasteiger partial charge in [0.05, 0.1) is 18.1 Å². The molecule has 0 saturated heterocycles. The minimum absolute atomic E-state index is 0.0176. The first-order chi connectivity index (χ1) is 16.5. The highest BCUT2D eigenvalue weighted by molar-refractivity contribution is 5.85. The van der Waals surface area contributed by atoms with Crippen molar-refractivity contribution in [1.29, 1.82) is 0 Å². The van der Waals surface area contributed by atoms with E-state index in [0.717, 1.165) is 38.5 Å². The molecule has 4 rings (SSSR count). The number of carbonyl (C=O) groups is 2. The molecule has 4 aliphatic carbocycles. The molecule has 0 radical (unpaired) electrons. The predicted octanol–water partition coefficient (Wildman–Crippen LogP) is 6.02. The molecule has 204 valence electrons. The minimum atomic E-state index is -0.923. The van der Waals surface area contributed by atoms with Gasteiger partial charge in [-0.15, -0.1) is 0 Å². The SMILES string of the molecule is CC(C(=O)O)C(C)C(=O)C[C@@H](C)[C@H]1CC[C@@]2(C)C3=C(C[C@@H](O)[C@]12C)[C@@]1(C)CC[C@H](O)C(C)(C)[C@@H]1CC3. The number of ketones is 1. The maximum absolute atomic E-state index is 13.0. The van der Waals surface area contributed by atoms with Crippen LogP contribution in [0.3, 0.4) is 0 Å². The summed E-state index contributed by atoms with van der Waals surface area (Å²) in [4.78, 5) is 24.5. The Bertz CT molecular complexity index is 951. The molecule has 4 aliphatic rings. The van der Waals surface area contributed by atoms with Gasteiger partial charge in [-0.05, 0) is 78.9 Å². The molecule has 10 atom stereocenters. The number of carboxylic acids is 1. The first-order valence-electron chi connectivity index (χ1n) is 14.4. The van der Waals surface area contributed by atoms with E-state index in [0.29, 0.717) is 18.8 Å². The van der Waals surface area contributed by atoms with Crippen molar-refractivity contribution in [2.45, 2.75) is 119 Å². The lowest BCUT2D eigenvalue weighted by Gasteiger charge is -2.63. The number of carbonyl (C=O) groups excluding carboxylic acids is 1. The lowest BCUT2D eigenvalue weighted by molar-refractivity contribution is -0.146. The zero-order valence-electron chi connectivity index (χ0n) is 23.9. The molecule has 2 fully saturated rings. The molecule has 0 aromatic rings. The van der Waals surface area contributed by atoms with Gasteiger partial charge in [0.2, 0.25) is 0 Å². The van der Waals surface area contributed by atoms with Crippen LogP contribution in [0, 0.1) is 51.2 Å². The smallest absolute Gasteiger partial charge is 0.306 e. The summed E-state index contributed by atoms with van der Waals surface area (Å²) in [6.07, 6.45) is 6.27. The van der Waals surface area contributed by atoms with Crippen molar-refractivity contribution in [3.8, 4) is 0 Å². The number of carboxylic acid groups (broad SMARTS) is 1. The van der Waals surface area contributed by atoms with Crippen molar-refractivity contribution in [2.24, 2.45) is 51.2 Å². The molecule has 0 heterocycles. The quantitative estimate of drug-likeness (QED) is 0.386. The standard InChI is InChI=1S/C31H50O5/c1-17(15-23(32)18(2)19(3)27(35)36)20-11-14-30(7)21-9-10-24-28(4,5)25(33)12-13-29(24,6)22(21)16-26(34)31(20,30)8/h17-20,24-26,33-34H,9-16H2,1-8H3,(H,35,36)/t17-,18?,19?,20-,24+,25+,26-,29-,30+,31+/m1/s1. The fraction of sp³-hybridized carbons (Fsp3) is 0.871. The van der Waals surface area contributed by atoms with E-state index in [1.165, 1.54) is 5.57 Å². The van der Waals surface area contributed by atoms with E-state index in [4.69, 9.17) is 0 Å². The first-order valence-corrected chi connectivity index (χ1v) is 14.4. The average molecular weight is 503 g/mol. The third kappa shape index (κ3) is 3.69. The van der Waals surface area contributed by atoms with Gasteiger partial charge in [-0.2, -0.15) is 0 Å². The summed E-state index contributed by atoms with van der Waals surface area (Å²) in [6, 6.07) is 0. The first kappa shape index (κ1) is 27.8. The number of allylic oxidation sites excluding steroid dienone is 1. The number of aliphatic carboxylic acids is 1. The topological polar surface area (TPSA) is 94.8 Å². The number of Topliss-reactive ketones (excluding diaryl/α,β-unsaturated/α-hetero) is 1. The van der Waals surface area contributed by atoms with E-state index in [-0.39, 0.29) is 45.4 Å². The van der Waals surface area contributed by atoms with Crippen LogP contribution in [0.25, 0.3) is 0 Å².